The van der Waals surface area contributed by atoms with Crippen LogP contribution in [0.2, 0.25) is 10.0 Å². The number of halogens is 4. The summed E-state index contributed by atoms with van der Waals surface area (Å²) in [7, 11) is 3.01. The van der Waals surface area contributed by atoms with Crippen molar-refractivity contribution in [3.05, 3.63) is 93.0 Å². The second kappa shape index (κ2) is 10.3. The lowest BCUT2D eigenvalue weighted by Gasteiger charge is -2.34. The van der Waals surface area contributed by atoms with Gasteiger partial charge in [0.2, 0.25) is 11.8 Å². The Kier molecular flexibility index (Phi) is 7.43. The first-order valence-electron chi connectivity index (χ1n) is 11.1. The van der Waals surface area contributed by atoms with Gasteiger partial charge < -0.3 is 21.5 Å². The first-order chi connectivity index (χ1) is 17.5. The Bertz CT molecular complexity index is 1390. The third-order valence-corrected chi connectivity index (χ3v) is 7.15. The van der Waals surface area contributed by atoms with E-state index in [4.69, 9.17) is 39.4 Å². The molecule has 0 aliphatic carbocycles. The van der Waals surface area contributed by atoms with Gasteiger partial charge in [0.15, 0.2) is 0 Å². The molecule has 7 nitrogen and oxygen atoms in total. The van der Waals surface area contributed by atoms with E-state index in [-0.39, 0.29) is 44.7 Å². The van der Waals surface area contributed by atoms with E-state index in [0.717, 1.165) is 6.07 Å². The second-order valence-corrected chi connectivity index (χ2v) is 9.76. The van der Waals surface area contributed by atoms with Crippen molar-refractivity contribution >= 4 is 40.7 Å². The predicted octanol–water partition coefficient (Wildman–Crippen LogP) is 4.27. The molecule has 0 saturated carbocycles. The minimum atomic E-state index is -1.53. The Morgan fingerprint density at radius 3 is 2.51 bits per heavy atom. The third kappa shape index (κ3) is 4.87. The molecule has 0 radical (unpaired) electrons. The topological polar surface area (TPSA) is 111 Å². The van der Waals surface area contributed by atoms with Crippen LogP contribution in [0.25, 0.3) is 0 Å². The number of likely N-dealkylation sites (tertiary alicyclic amines) is 1. The molecule has 0 unspecified atom stereocenters. The highest BCUT2D eigenvalue weighted by Crippen LogP contribution is 2.48. The highest BCUT2D eigenvalue weighted by atomic mass is 35.5. The lowest BCUT2D eigenvalue weighted by atomic mass is 9.74. The van der Waals surface area contributed by atoms with Gasteiger partial charge in [-0.25, -0.2) is 8.78 Å². The van der Waals surface area contributed by atoms with E-state index >= 15 is 8.78 Å². The molecule has 1 heterocycles. The number of anilines is 1. The van der Waals surface area contributed by atoms with Crippen LogP contribution in [-0.4, -0.2) is 43.5 Å². The first-order valence-corrected chi connectivity index (χ1v) is 11.9. The fourth-order valence-corrected chi connectivity index (χ4v) is 5.32. The molecule has 1 aliphatic heterocycles. The monoisotopic (exact) mass is 548 g/mol. The summed E-state index contributed by atoms with van der Waals surface area (Å²) in [5, 5.41) is 2.77. The largest absolute Gasteiger partial charge is 0.495 e. The minimum Gasteiger partial charge on any atom is -0.495 e. The van der Waals surface area contributed by atoms with Gasteiger partial charge in [0.05, 0.1) is 29.4 Å². The van der Waals surface area contributed by atoms with Crippen LogP contribution in [0.5, 0.6) is 5.75 Å². The zero-order valence-electron chi connectivity index (χ0n) is 19.9. The SMILES string of the molecule is COc1cc(C(N)=O)ccc1NC(=O)[C@H]1[C@H](c2cccc(Cl)c2F)[C@@](N)(c2ccc(Cl)cc2F)CN1C. The first kappa shape index (κ1) is 26.8. The number of ether oxygens (including phenoxy) is 1. The number of nitrogens with two attached hydrogens (primary N) is 2. The molecule has 3 aromatic carbocycles. The minimum absolute atomic E-state index is 0.0119. The van der Waals surface area contributed by atoms with Crippen LogP contribution in [0, 0.1) is 11.6 Å². The number of likely N-dealkylation sites (N-methyl/N-ethyl adjacent to an activating group) is 1. The van der Waals surface area contributed by atoms with Crippen molar-refractivity contribution in [3.63, 3.8) is 0 Å². The number of rotatable bonds is 6. The molecule has 1 saturated heterocycles. The summed E-state index contributed by atoms with van der Waals surface area (Å²) in [6.45, 7) is 0.0119. The van der Waals surface area contributed by atoms with Gasteiger partial charge in [-0.05, 0) is 49.0 Å². The molecule has 37 heavy (non-hydrogen) atoms. The molecule has 0 bridgehead atoms. The summed E-state index contributed by atoms with van der Waals surface area (Å²) < 4.78 is 35.9. The molecule has 5 N–H and O–H groups in total. The van der Waals surface area contributed by atoms with Crippen molar-refractivity contribution in [1.29, 1.82) is 0 Å². The van der Waals surface area contributed by atoms with Crippen LogP contribution in [0.1, 0.15) is 27.4 Å². The fourth-order valence-electron chi connectivity index (χ4n) is 4.98. The zero-order valence-corrected chi connectivity index (χ0v) is 21.4. The van der Waals surface area contributed by atoms with Crippen LogP contribution >= 0.6 is 23.2 Å². The lowest BCUT2D eigenvalue weighted by molar-refractivity contribution is -0.120. The summed E-state index contributed by atoms with van der Waals surface area (Å²) in [6, 6.07) is 11.7. The van der Waals surface area contributed by atoms with E-state index in [9.17, 15) is 9.59 Å². The van der Waals surface area contributed by atoms with Crippen molar-refractivity contribution in [1.82, 2.24) is 4.90 Å². The van der Waals surface area contributed by atoms with Gasteiger partial charge in [-0.2, -0.15) is 0 Å². The Morgan fingerprint density at radius 1 is 1.14 bits per heavy atom. The quantitative estimate of drug-likeness (QED) is 0.426. The van der Waals surface area contributed by atoms with Gasteiger partial charge in [-0.3, -0.25) is 14.5 Å². The van der Waals surface area contributed by atoms with Crippen molar-refractivity contribution in [2.45, 2.75) is 17.5 Å². The maximum absolute atomic E-state index is 15.4. The molecule has 3 aromatic rings. The summed E-state index contributed by atoms with van der Waals surface area (Å²) >= 11 is 12.0. The Balaban J connectivity index is 1.82. The van der Waals surface area contributed by atoms with Crippen molar-refractivity contribution in [2.24, 2.45) is 11.5 Å². The van der Waals surface area contributed by atoms with E-state index in [1.165, 1.54) is 55.6 Å². The average Bonchev–Trinajstić information content (AvgIpc) is 3.11. The Hall–Kier alpha value is -3.24. The predicted molar refractivity (Wildman–Crippen MR) is 138 cm³/mol. The van der Waals surface area contributed by atoms with Gasteiger partial charge in [-0.1, -0.05) is 41.4 Å². The van der Waals surface area contributed by atoms with E-state index in [1.807, 2.05) is 0 Å². The second-order valence-electron chi connectivity index (χ2n) is 8.91. The maximum atomic E-state index is 15.4. The van der Waals surface area contributed by atoms with Crippen LogP contribution in [0.15, 0.2) is 54.6 Å². The van der Waals surface area contributed by atoms with Gasteiger partial charge in [-0.15, -0.1) is 0 Å². The zero-order chi connectivity index (χ0) is 27.1. The molecule has 1 aliphatic rings. The number of benzene rings is 3. The maximum Gasteiger partial charge on any atom is 0.248 e. The van der Waals surface area contributed by atoms with Crippen molar-refractivity contribution in [2.75, 3.05) is 26.0 Å². The average molecular weight is 549 g/mol. The number of nitrogens with one attached hydrogen (secondary N) is 1. The number of primary amides is 1. The molecule has 11 heteroatoms. The third-order valence-electron chi connectivity index (χ3n) is 6.62. The Labute approximate surface area is 222 Å². The van der Waals surface area contributed by atoms with Gasteiger partial charge >= 0.3 is 0 Å². The van der Waals surface area contributed by atoms with Gasteiger partial charge in [0, 0.05) is 28.6 Å². The molecule has 0 spiro atoms. The molecule has 2 amide bonds. The van der Waals surface area contributed by atoms with Crippen LogP contribution in [0.4, 0.5) is 14.5 Å². The molecule has 0 aromatic heterocycles. The summed E-state index contributed by atoms with van der Waals surface area (Å²) in [6.07, 6.45) is 0. The molecule has 194 valence electrons. The number of methoxy groups -OCH3 is 1. The Morgan fingerprint density at radius 2 is 1.86 bits per heavy atom. The lowest BCUT2D eigenvalue weighted by Crippen LogP contribution is -2.46. The molecule has 4 rings (SSSR count). The number of hydrogen-bond donors (Lipinski definition) is 3. The highest BCUT2D eigenvalue weighted by Gasteiger charge is 2.55. The van der Waals surface area contributed by atoms with E-state index in [1.54, 1.807) is 11.9 Å². The number of carbonyl (C=O) groups is 2. The van der Waals surface area contributed by atoms with E-state index < -0.39 is 40.9 Å². The van der Waals surface area contributed by atoms with Crippen LogP contribution in [0.3, 0.4) is 0 Å². The summed E-state index contributed by atoms with van der Waals surface area (Å²) in [4.78, 5) is 26.9. The van der Waals surface area contributed by atoms with Crippen LogP contribution in [-0.2, 0) is 10.3 Å². The molecular weight excluding hydrogens is 525 g/mol. The van der Waals surface area contributed by atoms with Gasteiger partial charge in [0.25, 0.3) is 0 Å². The van der Waals surface area contributed by atoms with E-state index in [2.05, 4.69) is 5.32 Å². The molecule has 1 fully saturated rings. The molecular formula is C26H24Cl2F2N4O3. The number of nitrogens with zero attached hydrogens (tertiary/aromatic N) is 1. The standard InChI is InChI=1S/C26H24Cl2F2N4O3/c1-34-12-26(32,16-8-7-14(27)11-18(16)29)21(15-4-3-5-17(28)22(15)30)23(34)25(36)33-19-9-6-13(24(31)35)10-20(19)37-2/h3-11,21,23H,12,32H2,1-2H3,(H2,31,35)(H,33,36)/t21-,23+,26-/m0/s1. The fraction of sp³-hybridized carbons (Fsp3) is 0.231. The highest BCUT2D eigenvalue weighted by molar-refractivity contribution is 6.31. The number of amides is 2. The molecule has 3 atom stereocenters. The van der Waals surface area contributed by atoms with Crippen LogP contribution < -0.4 is 21.5 Å². The number of hydrogen-bond acceptors (Lipinski definition) is 5. The normalized spacial score (nSPS) is 21.6. The summed E-state index contributed by atoms with van der Waals surface area (Å²) in [5.41, 5.74) is 11.2. The summed E-state index contributed by atoms with van der Waals surface area (Å²) in [5.74, 6) is -3.52. The van der Waals surface area contributed by atoms with Crippen molar-refractivity contribution < 1.29 is 23.1 Å². The number of carbonyl (C=O) groups excluding carboxylic acids is 2. The van der Waals surface area contributed by atoms with Gasteiger partial charge in [0.1, 0.15) is 17.4 Å². The smallest absolute Gasteiger partial charge is 0.248 e. The van der Waals surface area contributed by atoms with Crippen molar-refractivity contribution in [3.8, 4) is 5.75 Å². The van der Waals surface area contributed by atoms with E-state index in [0.29, 0.717) is 0 Å².